The lowest BCUT2D eigenvalue weighted by molar-refractivity contribution is 0.0592. The summed E-state index contributed by atoms with van der Waals surface area (Å²) in [4.78, 5) is 0. The van der Waals surface area contributed by atoms with Crippen molar-refractivity contribution in [2.24, 2.45) is 5.84 Å². The molecule has 3 nitrogen and oxygen atoms in total. The van der Waals surface area contributed by atoms with E-state index in [-0.39, 0.29) is 5.56 Å². The molecule has 0 bridgehead atoms. The van der Waals surface area contributed by atoms with Crippen molar-refractivity contribution in [1.29, 1.82) is 0 Å². The van der Waals surface area contributed by atoms with Crippen molar-refractivity contribution in [2.45, 2.75) is 31.9 Å². The second-order valence-electron chi connectivity index (χ2n) is 3.97. The summed E-state index contributed by atoms with van der Waals surface area (Å²) in [5, 5.41) is 0. The van der Waals surface area contributed by atoms with Gasteiger partial charge in [-0.1, -0.05) is 19.4 Å². The van der Waals surface area contributed by atoms with Crippen molar-refractivity contribution in [3.8, 4) is 0 Å². The molecule has 0 aliphatic rings. The first-order chi connectivity index (χ1) is 8.56. The maximum absolute atomic E-state index is 13.7. The number of benzene rings is 1. The summed E-state index contributed by atoms with van der Waals surface area (Å²) in [5.41, 5.74) is 2.34. The third kappa shape index (κ3) is 3.01. The molecule has 0 amide bonds. The number of hydrazine groups is 1. The molecule has 1 rings (SSSR count). The van der Waals surface area contributed by atoms with E-state index in [4.69, 9.17) is 10.6 Å². The molecule has 102 valence electrons. The Kier molecular flexibility index (Phi) is 5.58. The van der Waals surface area contributed by atoms with E-state index in [0.29, 0.717) is 6.42 Å². The maximum atomic E-state index is 13.7. The van der Waals surface area contributed by atoms with Crippen molar-refractivity contribution in [1.82, 2.24) is 5.43 Å². The minimum atomic E-state index is -1.50. The van der Waals surface area contributed by atoms with Crippen LogP contribution < -0.4 is 11.3 Å². The molecule has 0 heterocycles. The smallest absolute Gasteiger partial charge is 0.194 e. The van der Waals surface area contributed by atoms with E-state index in [0.717, 1.165) is 12.5 Å². The van der Waals surface area contributed by atoms with Gasteiger partial charge in [0.05, 0.1) is 12.1 Å². The van der Waals surface area contributed by atoms with E-state index in [1.165, 1.54) is 13.2 Å². The van der Waals surface area contributed by atoms with Crippen LogP contribution in [-0.4, -0.2) is 13.2 Å². The molecule has 2 atom stereocenters. The summed E-state index contributed by atoms with van der Waals surface area (Å²) in [7, 11) is 1.46. The van der Waals surface area contributed by atoms with Gasteiger partial charge in [-0.3, -0.25) is 11.3 Å². The summed E-state index contributed by atoms with van der Waals surface area (Å²) in [5.74, 6) is 1.39. The van der Waals surface area contributed by atoms with Crippen molar-refractivity contribution < 1.29 is 17.9 Å². The highest BCUT2D eigenvalue weighted by molar-refractivity contribution is 5.24. The van der Waals surface area contributed by atoms with Crippen molar-refractivity contribution in [2.75, 3.05) is 7.11 Å². The highest BCUT2D eigenvalue weighted by Gasteiger charge is 2.26. The van der Waals surface area contributed by atoms with Crippen LogP contribution in [0.5, 0.6) is 0 Å². The van der Waals surface area contributed by atoms with E-state index >= 15 is 0 Å². The fourth-order valence-electron chi connectivity index (χ4n) is 1.88. The van der Waals surface area contributed by atoms with Gasteiger partial charge in [0.25, 0.3) is 0 Å². The third-order valence-electron chi connectivity index (χ3n) is 2.83. The standard InChI is InChI=1S/C12H17F3N2O/c1-3-4-9(18-2)12(17-16)7-5-6-8(13)11(15)10(7)14/h5-6,9,12,17H,3-4,16H2,1-2H3. The lowest BCUT2D eigenvalue weighted by atomic mass is 9.98. The third-order valence-corrected chi connectivity index (χ3v) is 2.83. The molecule has 0 saturated heterocycles. The van der Waals surface area contributed by atoms with Crippen LogP contribution in [0.3, 0.4) is 0 Å². The van der Waals surface area contributed by atoms with Gasteiger partial charge in [-0.15, -0.1) is 0 Å². The first kappa shape index (κ1) is 14.9. The topological polar surface area (TPSA) is 47.3 Å². The summed E-state index contributed by atoms with van der Waals surface area (Å²) in [6, 6.07) is 1.31. The Balaban J connectivity index is 3.12. The molecule has 0 aliphatic carbocycles. The molecule has 2 unspecified atom stereocenters. The number of methoxy groups -OCH3 is 1. The highest BCUT2D eigenvalue weighted by atomic mass is 19.2. The Labute approximate surface area is 104 Å². The number of rotatable bonds is 6. The molecule has 3 N–H and O–H groups in total. The first-order valence-corrected chi connectivity index (χ1v) is 5.69. The van der Waals surface area contributed by atoms with E-state index < -0.39 is 29.6 Å². The summed E-state index contributed by atoms with van der Waals surface area (Å²) < 4.78 is 44.9. The molecule has 6 heteroatoms. The van der Waals surface area contributed by atoms with Gasteiger partial charge >= 0.3 is 0 Å². The molecule has 0 saturated carbocycles. The van der Waals surface area contributed by atoms with Crippen molar-refractivity contribution in [3.63, 3.8) is 0 Å². The Morgan fingerprint density at radius 1 is 1.28 bits per heavy atom. The highest BCUT2D eigenvalue weighted by Crippen LogP contribution is 2.26. The number of hydrogen-bond acceptors (Lipinski definition) is 3. The summed E-state index contributed by atoms with van der Waals surface area (Å²) >= 11 is 0. The molecule has 1 aromatic carbocycles. The van der Waals surface area contributed by atoms with Crippen molar-refractivity contribution >= 4 is 0 Å². The minimum absolute atomic E-state index is 0.0447. The van der Waals surface area contributed by atoms with E-state index in [9.17, 15) is 13.2 Å². The molecular formula is C12H17F3N2O. The quantitative estimate of drug-likeness (QED) is 0.470. The molecule has 0 aliphatic heterocycles. The first-order valence-electron chi connectivity index (χ1n) is 5.69. The molecule has 0 fully saturated rings. The minimum Gasteiger partial charge on any atom is -0.379 e. The molecule has 18 heavy (non-hydrogen) atoms. The summed E-state index contributed by atoms with van der Waals surface area (Å²) in [6.07, 6.45) is 0.991. The van der Waals surface area contributed by atoms with Gasteiger partial charge in [0.2, 0.25) is 0 Å². The Bertz CT molecular complexity index is 401. The van der Waals surface area contributed by atoms with E-state index in [1.807, 2.05) is 6.92 Å². The SMILES string of the molecule is CCCC(OC)C(NN)c1ccc(F)c(F)c1F. The van der Waals surface area contributed by atoms with E-state index in [2.05, 4.69) is 5.43 Å². The van der Waals surface area contributed by atoms with Gasteiger partial charge in [-0.2, -0.15) is 0 Å². The van der Waals surface area contributed by atoms with Gasteiger partial charge in [-0.25, -0.2) is 13.2 Å². The molecule has 0 radical (unpaired) electrons. The number of nitrogens with one attached hydrogen (secondary N) is 1. The number of nitrogens with two attached hydrogens (primary N) is 1. The molecule has 1 aromatic rings. The maximum Gasteiger partial charge on any atom is 0.194 e. The zero-order valence-electron chi connectivity index (χ0n) is 10.3. The van der Waals surface area contributed by atoms with Gasteiger partial charge in [0, 0.05) is 12.7 Å². The fourth-order valence-corrected chi connectivity index (χ4v) is 1.88. The second kappa shape index (κ2) is 6.72. The number of hydrogen-bond donors (Lipinski definition) is 2. The van der Waals surface area contributed by atoms with Gasteiger partial charge in [0.15, 0.2) is 17.5 Å². The van der Waals surface area contributed by atoms with Crippen LogP contribution in [0.1, 0.15) is 31.4 Å². The van der Waals surface area contributed by atoms with Crippen LogP contribution >= 0.6 is 0 Å². The predicted molar refractivity (Wildman–Crippen MR) is 62.1 cm³/mol. The number of halogens is 3. The van der Waals surface area contributed by atoms with Gasteiger partial charge < -0.3 is 4.74 Å². The molecular weight excluding hydrogens is 245 g/mol. The van der Waals surface area contributed by atoms with Crippen molar-refractivity contribution in [3.05, 3.63) is 35.1 Å². The van der Waals surface area contributed by atoms with Crippen LogP contribution in [0.4, 0.5) is 13.2 Å². The lowest BCUT2D eigenvalue weighted by Gasteiger charge is -2.26. The average Bonchev–Trinajstić information content (AvgIpc) is 2.38. The van der Waals surface area contributed by atoms with Crippen LogP contribution in [-0.2, 0) is 4.74 Å². The second-order valence-corrected chi connectivity index (χ2v) is 3.97. The molecule has 0 aromatic heterocycles. The Hall–Kier alpha value is -1.11. The van der Waals surface area contributed by atoms with Crippen LogP contribution in [0.15, 0.2) is 12.1 Å². The predicted octanol–water partition coefficient (Wildman–Crippen LogP) is 2.42. The monoisotopic (exact) mass is 262 g/mol. The lowest BCUT2D eigenvalue weighted by Crippen LogP contribution is -2.38. The Morgan fingerprint density at radius 3 is 2.44 bits per heavy atom. The van der Waals surface area contributed by atoms with Gasteiger partial charge in [-0.05, 0) is 12.5 Å². The van der Waals surface area contributed by atoms with Crippen LogP contribution in [0.25, 0.3) is 0 Å². The zero-order valence-corrected chi connectivity index (χ0v) is 10.3. The van der Waals surface area contributed by atoms with Crippen LogP contribution in [0.2, 0.25) is 0 Å². The fraction of sp³-hybridized carbons (Fsp3) is 0.500. The Morgan fingerprint density at radius 2 is 1.94 bits per heavy atom. The largest absolute Gasteiger partial charge is 0.379 e. The molecule has 0 spiro atoms. The van der Waals surface area contributed by atoms with Crippen LogP contribution in [0, 0.1) is 17.5 Å². The van der Waals surface area contributed by atoms with E-state index in [1.54, 1.807) is 0 Å². The summed E-state index contributed by atoms with van der Waals surface area (Å²) in [6.45, 7) is 1.93. The number of ether oxygens (including phenoxy) is 1. The normalized spacial score (nSPS) is 14.6. The zero-order chi connectivity index (χ0) is 13.7. The van der Waals surface area contributed by atoms with Gasteiger partial charge in [0.1, 0.15) is 0 Å². The average molecular weight is 262 g/mol.